The highest BCUT2D eigenvalue weighted by atomic mass is 16.5. The number of fused-ring (bicyclic) bond motifs is 5. The number of methoxy groups -OCH3 is 1. The summed E-state index contributed by atoms with van der Waals surface area (Å²) in [5.74, 6) is 6.84. The molecule has 0 aromatic heterocycles. The van der Waals surface area contributed by atoms with Crippen molar-refractivity contribution in [3.8, 4) is 5.75 Å². The standard InChI is InChI=1S/C35H54O2/c1-23(2)8-7-9-24(3)30-16-17-31-29-15-12-27-21-33(36)26(20-25-10-13-28(37-6)14-11-25)22-35(27,5)32(29)18-19-34(30,31)4/h10-11,13-14,20,23-24,27,29-33,36H,7-9,12,15-19,21-22H2,1-6H3/b26-20-/t24-,27+,29-,30-,31-,32-,33+,34+,35+/m1/s1. The highest BCUT2D eigenvalue weighted by Crippen LogP contribution is 2.68. The fraction of sp³-hybridized carbons (Fsp3) is 0.771. The number of aliphatic hydroxyl groups is 1. The lowest BCUT2D eigenvalue weighted by atomic mass is 9.44. The van der Waals surface area contributed by atoms with E-state index >= 15 is 0 Å². The van der Waals surface area contributed by atoms with Gasteiger partial charge in [0, 0.05) is 0 Å². The summed E-state index contributed by atoms with van der Waals surface area (Å²) in [6, 6.07) is 8.32. The van der Waals surface area contributed by atoms with Crippen LogP contribution in [0.15, 0.2) is 29.8 Å². The fourth-order valence-corrected chi connectivity index (χ4v) is 10.3. The van der Waals surface area contributed by atoms with Gasteiger partial charge in [-0.05, 0) is 127 Å². The quantitative estimate of drug-likeness (QED) is 0.399. The molecule has 2 nitrogen and oxygen atoms in total. The topological polar surface area (TPSA) is 29.5 Å². The average Bonchev–Trinajstić information content (AvgIpc) is 3.22. The van der Waals surface area contributed by atoms with Crippen molar-refractivity contribution in [1.29, 1.82) is 0 Å². The zero-order valence-corrected chi connectivity index (χ0v) is 24.6. The molecule has 5 rings (SSSR count). The summed E-state index contributed by atoms with van der Waals surface area (Å²) < 4.78 is 5.35. The molecular weight excluding hydrogens is 452 g/mol. The average molecular weight is 507 g/mol. The van der Waals surface area contributed by atoms with Gasteiger partial charge in [-0.25, -0.2) is 0 Å². The first-order valence-electron chi connectivity index (χ1n) is 15.7. The molecular formula is C35H54O2. The minimum Gasteiger partial charge on any atom is -0.497 e. The molecule has 0 heterocycles. The lowest BCUT2D eigenvalue weighted by Gasteiger charge is -2.61. The third-order valence-corrected chi connectivity index (χ3v) is 12.3. The molecule has 4 aliphatic carbocycles. The molecule has 1 aromatic rings. The van der Waals surface area contributed by atoms with E-state index in [4.69, 9.17) is 4.74 Å². The van der Waals surface area contributed by atoms with Gasteiger partial charge in [0.1, 0.15) is 5.75 Å². The van der Waals surface area contributed by atoms with E-state index in [2.05, 4.69) is 52.8 Å². The predicted octanol–water partition coefficient (Wildman–Crippen LogP) is 9.17. The Morgan fingerprint density at radius 3 is 2.38 bits per heavy atom. The molecule has 9 atom stereocenters. The Hall–Kier alpha value is -1.28. The summed E-state index contributed by atoms with van der Waals surface area (Å²) >= 11 is 0. The summed E-state index contributed by atoms with van der Waals surface area (Å²) in [7, 11) is 1.72. The number of benzene rings is 1. The van der Waals surface area contributed by atoms with Crippen LogP contribution < -0.4 is 4.74 Å². The van der Waals surface area contributed by atoms with Gasteiger partial charge < -0.3 is 9.84 Å². The fourth-order valence-electron chi connectivity index (χ4n) is 10.3. The number of rotatable bonds is 7. The van der Waals surface area contributed by atoms with Gasteiger partial charge in [-0.15, -0.1) is 0 Å². The third-order valence-electron chi connectivity index (χ3n) is 12.3. The van der Waals surface area contributed by atoms with Crippen LogP contribution in [-0.2, 0) is 0 Å². The largest absolute Gasteiger partial charge is 0.497 e. The number of aliphatic hydroxyl groups excluding tert-OH is 1. The van der Waals surface area contributed by atoms with Crippen molar-refractivity contribution in [2.24, 2.45) is 52.3 Å². The zero-order valence-electron chi connectivity index (χ0n) is 24.6. The van der Waals surface area contributed by atoms with Gasteiger partial charge in [0.05, 0.1) is 13.2 Å². The Morgan fingerprint density at radius 2 is 1.68 bits per heavy atom. The van der Waals surface area contributed by atoms with Crippen LogP contribution in [0.4, 0.5) is 0 Å². The minimum absolute atomic E-state index is 0.284. The molecule has 0 unspecified atom stereocenters. The second-order valence-electron chi connectivity index (χ2n) is 14.6. The predicted molar refractivity (Wildman–Crippen MR) is 155 cm³/mol. The first-order valence-corrected chi connectivity index (χ1v) is 15.7. The van der Waals surface area contributed by atoms with Gasteiger partial charge in [0.15, 0.2) is 0 Å². The Bertz CT molecular complexity index is 947. The van der Waals surface area contributed by atoms with E-state index in [0.717, 1.165) is 54.1 Å². The molecule has 1 aromatic carbocycles. The van der Waals surface area contributed by atoms with E-state index in [1.807, 2.05) is 12.1 Å². The van der Waals surface area contributed by atoms with Crippen molar-refractivity contribution in [2.45, 2.75) is 111 Å². The van der Waals surface area contributed by atoms with E-state index < -0.39 is 0 Å². The Morgan fingerprint density at radius 1 is 0.946 bits per heavy atom. The maximum Gasteiger partial charge on any atom is 0.118 e. The molecule has 0 bridgehead atoms. The van der Waals surface area contributed by atoms with Crippen molar-refractivity contribution in [2.75, 3.05) is 7.11 Å². The van der Waals surface area contributed by atoms with Gasteiger partial charge >= 0.3 is 0 Å². The Labute approximate surface area is 227 Å². The van der Waals surface area contributed by atoms with Gasteiger partial charge in [-0.1, -0.05) is 72.1 Å². The van der Waals surface area contributed by atoms with Gasteiger partial charge in [0.25, 0.3) is 0 Å². The maximum absolute atomic E-state index is 11.2. The summed E-state index contributed by atoms with van der Waals surface area (Å²) in [6.45, 7) is 12.7. The van der Waals surface area contributed by atoms with Gasteiger partial charge in [0.2, 0.25) is 0 Å². The molecule has 0 radical (unpaired) electrons. The lowest BCUT2D eigenvalue weighted by Crippen LogP contribution is -2.54. The molecule has 1 N–H and O–H groups in total. The van der Waals surface area contributed by atoms with Crippen LogP contribution in [0.1, 0.15) is 111 Å². The van der Waals surface area contributed by atoms with E-state index in [-0.39, 0.29) is 6.10 Å². The van der Waals surface area contributed by atoms with E-state index in [0.29, 0.717) is 16.7 Å². The Kier molecular flexibility index (Phi) is 7.90. The van der Waals surface area contributed by atoms with E-state index in [9.17, 15) is 5.11 Å². The lowest BCUT2D eigenvalue weighted by molar-refractivity contribution is -0.117. The summed E-state index contributed by atoms with van der Waals surface area (Å²) in [6.07, 6.45) is 16.8. The van der Waals surface area contributed by atoms with Crippen LogP contribution in [0.25, 0.3) is 6.08 Å². The SMILES string of the molecule is COc1ccc(/C=C2/C[C@@]3(C)[C@@H](CC[C@@H]4[C@H]5CC[C@H]([C@H](C)CCCC(C)C)[C@]5(C)CC[C@H]43)C[C@@H]2O)cc1. The molecule has 0 amide bonds. The van der Waals surface area contributed by atoms with Crippen LogP contribution in [-0.4, -0.2) is 18.3 Å². The molecule has 4 fully saturated rings. The monoisotopic (exact) mass is 506 g/mol. The van der Waals surface area contributed by atoms with Crippen molar-refractivity contribution in [3.63, 3.8) is 0 Å². The summed E-state index contributed by atoms with van der Waals surface area (Å²) in [5.41, 5.74) is 3.34. The number of hydrogen-bond donors (Lipinski definition) is 1. The van der Waals surface area contributed by atoms with Crippen LogP contribution in [0.3, 0.4) is 0 Å². The molecule has 4 saturated carbocycles. The summed E-state index contributed by atoms with van der Waals surface area (Å²) in [4.78, 5) is 0. The number of hydrogen-bond acceptors (Lipinski definition) is 2. The van der Waals surface area contributed by atoms with E-state index in [1.54, 1.807) is 7.11 Å². The van der Waals surface area contributed by atoms with Gasteiger partial charge in [-0.2, -0.15) is 0 Å². The number of ether oxygens (including phenoxy) is 1. The van der Waals surface area contributed by atoms with Crippen LogP contribution in [0.5, 0.6) is 5.75 Å². The van der Waals surface area contributed by atoms with Crippen molar-refractivity contribution < 1.29 is 9.84 Å². The maximum atomic E-state index is 11.2. The van der Waals surface area contributed by atoms with Crippen molar-refractivity contribution in [3.05, 3.63) is 35.4 Å². The molecule has 0 aliphatic heterocycles. The summed E-state index contributed by atoms with van der Waals surface area (Å²) in [5, 5.41) is 11.2. The highest BCUT2D eigenvalue weighted by Gasteiger charge is 2.60. The van der Waals surface area contributed by atoms with Gasteiger partial charge in [-0.3, -0.25) is 0 Å². The minimum atomic E-state index is -0.284. The molecule has 0 spiro atoms. The van der Waals surface area contributed by atoms with Crippen molar-refractivity contribution in [1.82, 2.24) is 0 Å². The normalized spacial score (nSPS) is 41.2. The molecule has 0 saturated heterocycles. The van der Waals surface area contributed by atoms with Crippen LogP contribution in [0, 0.1) is 52.3 Å². The molecule has 4 aliphatic rings. The first kappa shape index (κ1) is 27.3. The molecule has 206 valence electrons. The Balaban J connectivity index is 1.33. The van der Waals surface area contributed by atoms with Crippen molar-refractivity contribution >= 4 is 6.08 Å². The highest BCUT2D eigenvalue weighted by molar-refractivity contribution is 5.55. The second-order valence-corrected chi connectivity index (χ2v) is 14.6. The smallest absolute Gasteiger partial charge is 0.118 e. The van der Waals surface area contributed by atoms with Crippen LogP contribution >= 0.6 is 0 Å². The third kappa shape index (κ3) is 5.06. The van der Waals surface area contributed by atoms with E-state index in [1.165, 1.54) is 68.9 Å². The zero-order chi connectivity index (χ0) is 26.4. The first-order chi connectivity index (χ1) is 17.7. The van der Waals surface area contributed by atoms with Crippen LogP contribution in [0.2, 0.25) is 0 Å². The second kappa shape index (κ2) is 10.7. The molecule has 37 heavy (non-hydrogen) atoms. The molecule has 2 heteroatoms.